The summed E-state index contributed by atoms with van der Waals surface area (Å²) in [6.07, 6.45) is 0.764. The highest BCUT2D eigenvalue weighted by molar-refractivity contribution is 8.01. The van der Waals surface area contributed by atoms with Gasteiger partial charge in [0.15, 0.2) is 0 Å². The summed E-state index contributed by atoms with van der Waals surface area (Å²) in [5.41, 5.74) is 0.855. The number of rotatable bonds is 5. The largest absolute Gasteiger partial charge is 0.336 e. The molecule has 126 valence electrons. The Morgan fingerprint density at radius 3 is 2.39 bits per heavy atom. The molecule has 1 atom stereocenters. The van der Waals surface area contributed by atoms with Gasteiger partial charge in [-0.05, 0) is 46.2 Å². The molecule has 0 N–H and O–H groups in total. The summed E-state index contributed by atoms with van der Waals surface area (Å²) in [6.45, 7) is 10.2. The van der Waals surface area contributed by atoms with Gasteiger partial charge in [0.2, 0.25) is 11.8 Å². The van der Waals surface area contributed by atoms with E-state index in [-0.39, 0.29) is 35.7 Å². The van der Waals surface area contributed by atoms with E-state index in [4.69, 9.17) is 0 Å². The van der Waals surface area contributed by atoms with Crippen molar-refractivity contribution < 1.29 is 9.59 Å². The van der Waals surface area contributed by atoms with Crippen LogP contribution in [-0.4, -0.2) is 40.6 Å². The lowest BCUT2D eigenvalue weighted by Gasteiger charge is -2.36. The number of hydrogen-bond donors (Lipinski definition) is 0. The van der Waals surface area contributed by atoms with Crippen molar-refractivity contribution in [2.75, 3.05) is 11.4 Å². The second kappa shape index (κ2) is 7.39. The number of anilines is 1. The molecule has 4 nitrogen and oxygen atoms in total. The van der Waals surface area contributed by atoms with Crippen LogP contribution in [0.15, 0.2) is 29.2 Å². The zero-order valence-electron chi connectivity index (χ0n) is 14.6. The van der Waals surface area contributed by atoms with E-state index in [1.807, 2.05) is 63.8 Å². The van der Waals surface area contributed by atoms with E-state index in [9.17, 15) is 9.59 Å². The summed E-state index contributed by atoms with van der Waals surface area (Å²) in [5, 5.41) is -0.107. The van der Waals surface area contributed by atoms with Crippen molar-refractivity contribution in [3.8, 4) is 0 Å². The third kappa shape index (κ3) is 3.71. The topological polar surface area (TPSA) is 40.6 Å². The van der Waals surface area contributed by atoms with Crippen LogP contribution in [0.1, 0.15) is 41.0 Å². The lowest BCUT2D eigenvalue weighted by Crippen LogP contribution is -2.51. The van der Waals surface area contributed by atoms with Crippen molar-refractivity contribution in [1.82, 2.24) is 4.90 Å². The molecule has 0 fully saturated rings. The second-order valence-corrected chi connectivity index (χ2v) is 7.64. The first-order valence-electron chi connectivity index (χ1n) is 8.25. The average molecular weight is 334 g/mol. The Morgan fingerprint density at radius 2 is 1.83 bits per heavy atom. The van der Waals surface area contributed by atoms with E-state index in [0.29, 0.717) is 0 Å². The number of carbonyl (C=O) groups is 2. The van der Waals surface area contributed by atoms with Gasteiger partial charge in [0, 0.05) is 17.0 Å². The van der Waals surface area contributed by atoms with Crippen molar-refractivity contribution in [1.29, 1.82) is 0 Å². The van der Waals surface area contributed by atoms with Gasteiger partial charge in [-0.2, -0.15) is 0 Å². The molecule has 2 amide bonds. The monoisotopic (exact) mass is 334 g/mol. The molecule has 0 radical (unpaired) electrons. The third-order valence-corrected chi connectivity index (χ3v) is 5.45. The molecule has 1 heterocycles. The van der Waals surface area contributed by atoms with Crippen LogP contribution in [0.3, 0.4) is 0 Å². The van der Waals surface area contributed by atoms with Crippen LogP contribution in [0.5, 0.6) is 0 Å². The smallest absolute Gasteiger partial charge is 0.243 e. The number of benzene rings is 1. The third-order valence-electron chi connectivity index (χ3n) is 4.03. The molecule has 1 aromatic carbocycles. The Labute approximate surface area is 143 Å². The van der Waals surface area contributed by atoms with Crippen LogP contribution in [0.4, 0.5) is 5.69 Å². The van der Waals surface area contributed by atoms with Crippen molar-refractivity contribution >= 4 is 29.3 Å². The first kappa shape index (κ1) is 17.9. The number of fused-ring (bicyclic) bond motifs is 1. The Hall–Kier alpha value is -1.49. The average Bonchev–Trinajstić information content (AvgIpc) is 2.49. The molecule has 0 saturated heterocycles. The van der Waals surface area contributed by atoms with Gasteiger partial charge < -0.3 is 9.80 Å². The van der Waals surface area contributed by atoms with Gasteiger partial charge >= 0.3 is 0 Å². The van der Waals surface area contributed by atoms with Crippen LogP contribution in [0.25, 0.3) is 0 Å². The van der Waals surface area contributed by atoms with Gasteiger partial charge in [-0.3, -0.25) is 9.59 Å². The molecule has 5 heteroatoms. The molecular formula is C18H26N2O2S. The van der Waals surface area contributed by atoms with Crippen molar-refractivity contribution in [3.63, 3.8) is 0 Å². The van der Waals surface area contributed by atoms with Gasteiger partial charge in [-0.15, -0.1) is 11.8 Å². The molecule has 0 saturated carbocycles. The van der Waals surface area contributed by atoms with Crippen LogP contribution in [0, 0.1) is 0 Å². The predicted molar refractivity (Wildman–Crippen MR) is 95.8 cm³/mol. The Balaban J connectivity index is 2.30. The fraction of sp³-hybridized carbons (Fsp3) is 0.556. The highest BCUT2D eigenvalue weighted by Crippen LogP contribution is 2.40. The quantitative estimate of drug-likeness (QED) is 0.827. The standard InChI is InChI=1S/C18H26N2O2S/c1-6-15-18(22)19(14-9-7-8-10-16(14)23-15)11-17(21)20(12(2)3)13(4)5/h7-10,12-13,15H,6,11H2,1-5H3. The summed E-state index contributed by atoms with van der Waals surface area (Å²) in [6, 6.07) is 8.08. The fourth-order valence-electron chi connectivity index (χ4n) is 3.09. The maximum atomic E-state index is 12.8. The molecule has 23 heavy (non-hydrogen) atoms. The first-order chi connectivity index (χ1) is 10.9. The minimum Gasteiger partial charge on any atom is -0.336 e. The summed E-state index contributed by atoms with van der Waals surface area (Å²) >= 11 is 1.60. The minimum absolute atomic E-state index is 0.0000869. The van der Waals surface area contributed by atoms with Gasteiger partial charge in [0.25, 0.3) is 0 Å². The molecule has 0 aliphatic carbocycles. The van der Waals surface area contributed by atoms with E-state index in [1.54, 1.807) is 16.7 Å². The van der Waals surface area contributed by atoms with Crippen molar-refractivity contribution in [2.45, 2.75) is 63.3 Å². The first-order valence-corrected chi connectivity index (χ1v) is 9.13. The van der Waals surface area contributed by atoms with Gasteiger partial charge in [0.05, 0.1) is 10.9 Å². The molecule has 1 aliphatic heterocycles. The summed E-state index contributed by atoms with van der Waals surface area (Å²) < 4.78 is 0. The van der Waals surface area contributed by atoms with Gasteiger partial charge in [-0.25, -0.2) is 0 Å². The SMILES string of the molecule is CCC1Sc2ccccc2N(CC(=O)N(C(C)C)C(C)C)C1=O. The molecular weight excluding hydrogens is 308 g/mol. The van der Waals surface area contributed by atoms with E-state index < -0.39 is 0 Å². The van der Waals surface area contributed by atoms with Gasteiger partial charge in [-0.1, -0.05) is 19.1 Å². The van der Waals surface area contributed by atoms with Crippen LogP contribution in [-0.2, 0) is 9.59 Å². The van der Waals surface area contributed by atoms with Crippen molar-refractivity contribution in [2.24, 2.45) is 0 Å². The normalized spacial score (nSPS) is 17.6. The maximum absolute atomic E-state index is 12.8. The summed E-state index contributed by atoms with van der Waals surface area (Å²) in [4.78, 5) is 30.1. The van der Waals surface area contributed by atoms with E-state index >= 15 is 0 Å². The zero-order chi connectivity index (χ0) is 17.1. The molecule has 1 aliphatic rings. The van der Waals surface area contributed by atoms with E-state index in [1.165, 1.54) is 0 Å². The molecule has 1 unspecified atom stereocenters. The van der Waals surface area contributed by atoms with Crippen LogP contribution >= 0.6 is 11.8 Å². The molecule has 0 bridgehead atoms. The highest BCUT2D eigenvalue weighted by Gasteiger charge is 2.34. The molecule has 1 aromatic rings. The highest BCUT2D eigenvalue weighted by atomic mass is 32.2. The number of nitrogens with zero attached hydrogens (tertiary/aromatic N) is 2. The van der Waals surface area contributed by atoms with Crippen LogP contribution in [0.2, 0.25) is 0 Å². The van der Waals surface area contributed by atoms with E-state index in [0.717, 1.165) is 17.0 Å². The number of carbonyl (C=O) groups excluding carboxylic acids is 2. The molecule has 0 spiro atoms. The zero-order valence-corrected chi connectivity index (χ0v) is 15.4. The van der Waals surface area contributed by atoms with Gasteiger partial charge in [0.1, 0.15) is 6.54 Å². The summed E-state index contributed by atoms with van der Waals surface area (Å²) in [7, 11) is 0. The Morgan fingerprint density at radius 1 is 1.22 bits per heavy atom. The molecule has 2 rings (SSSR count). The lowest BCUT2D eigenvalue weighted by atomic mass is 10.2. The lowest BCUT2D eigenvalue weighted by molar-refractivity contribution is -0.134. The fourth-order valence-corrected chi connectivity index (χ4v) is 4.24. The van der Waals surface area contributed by atoms with E-state index in [2.05, 4.69) is 0 Å². The maximum Gasteiger partial charge on any atom is 0.243 e. The van der Waals surface area contributed by atoms with Crippen LogP contribution < -0.4 is 4.90 Å². The number of hydrogen-bond acceptors (Lipinski definition) is 3. The molecule has 0 aromatic heterocycles. The number of para-hydroxylation sites is 1. The predicted octanol–water partition coefficient (Wildman–Crippen LogP) is 3.55. The number of thioether (sulfide) groups is 1. The second-order valence-electron chi connectivity index (χ2n) is 6.40. The van der Waals surface area contributed by atoms with Crippen molar-refractivity contribution in [3.05, 3.63) is 24.3 Å². The Kier molecular flexibility index (Phi) is 5.74. The minimum atomic E-state index is -0.107. The number of amides is 2. The Bertz CT molecular complexity index is 578. The summed E-state index contributed by atoms with van der Waals surface area (Å²) in [5.74, 6) is 0.0388.